The molecule has 0 saturated heterocycles. The van der Waals surface area contributed by atoms with Crippen molar-refractivity contribution in [1.29, 1.82) is 0 Å². The van der Waals surface area contributed by atoms with E-state index in [9.17, 15) is 0 Å². The maximum absolute atomic E-state index is 2.44. The molecule has 1 heteroatoms. The molecule has 0 N–H and O–H groups in total. The van der Waals surface area contributed by atoms with E-state index in [1.165, 1.54) is 68.6 Å². The second-order valence-corrected chi connectivity index (χ2v) is 16.8. The summed E-state index contributed by atoms with van der Waals surface area (Å²) in [5.41, 5.74) is 7.77. The quantitative estimate of drug-likeness (QED) is 0.168. The number of hydrogen-bond donors (Lipinski definition) is 0. The first-order valence-electron chi connectivity index (χ1n) is 16.7. The van der Waals surface area contributed by atoms with Gasteiger partial charge in [-0.3, -0.25) is 0 Å². The monoisotopic (exact) mass is 660 g/mol. The van der Waals surface area contributed by atoms with Crippen molar-refractivity contribution in [2.45, 2.75) is 111 Å². The van der Waals surface area contributed by atoms with Crippen molar-refractivity contribution < 1.29 is 24.2 Å². The van der Waals surface area contributed by atoms with Crippen molar-refractivity contribution in [1.82, 2.24) is 0 Å². The van der Waals surface area contributed by atoms with Gasteiger partial charge in [-0.25, -0.2) is 12.1 Å². The van der Waals surface area contributed by atoms with Crippen LogP contribution in [0.5, 0.6) is 0 Å². The van der Waals surface area contributed by atoms with Gasteiger partial charge >= 0.3 is 127 Å². The molecule has 0 unspecified atom stereocenters. The predicted octanol–water partition coefficient (Wildman–Crippen LogP) is 12.5. The van der Waals surface area contributed by atoms with E-state index in [1.54, 1.807) is 27.4 Å². The van der Waals surface area contributed by atoms with Gasteiger partial charge < -0.3 is 0 Å². The van der Waals surface area contributed by atoms with E-state index in [1.807, 2.05) is 30.3 Å². The zero-order chi connectivity index (χ0) is 32.2. The molecule has 0 radical (unpaired) electrons. The minimum Gasteiger partial charge on any atom is -0.214 e. The Morgan fingerprint density at radius 2 is 1.14 bits per heavy atom. The van der Waals surface area contributed by atoms with E-state index in [-0.39, 0.29) is 10.8 Å². The van der Waals surface area contributed by atoms with Crippen LogP contribution in [-0.2, 0) is 35.1 Å². The van der Waals surface area contributed by atoms with Crippen LogP contribution in [-0.4, -0.2) is 3.21 Å². The molecular weight excluding hydrogens is 608 g/mol. The van der Waals surface area contributed by atoms with Crippen LogP contribution in [0.25, 0.3) is 21.5 Å². The maximum atomic E-state index is 2.44. The molecule has 1 aliphatic carbocycles. The van der Waals surface area contributed by atoms with Crippen LogP contribution in [0.15, 0.2) is 91.0 Å². The predicted molar refractivity (Wildman–Crippen MR) is 193 cm³/mol. The smallest absolute Gasteiger partial charge is 0.172 e. The summed E-state index contributed by atoms with van der Waals surface area (Å²) in [6.45, 7) is 22.8. The molecule has 0 amide bonds. The second-order valence-electron chi connectivity index (χ2n) is 15.4. The first-order valence-corrected chi connectivity index (χ1v) is 17.9. The molecule has 1 aliphatic rings. The Balaban J connectivity index is 0.000000175. The van der Waals surface area contributed by atoms with Crippen LogP contribution in [0.3, 0.4) is 0 Å². The Morgan fingerprint density at radius 1 is 0.682 bits per heavy atom. The molecule has 1 saturated carbocycles. The number of rotatable bonds is 4. The number of fused-ring (bicyclic) bond motifs is 3. The zero-order valence-electron chi connectivity index (χ0n) is 29.0. The molecule has 5 aromatic carbocycles. The summed E-state index contributed by atoms with van der Waals surface area (Å²) < 4.78 is 1.71. The molecule has 0 aromatic heterocycles. The van der Waals surface area contributed by atoms with Crippen LogP contribution in [0.2, 0.25) is 0 Å². The van der Waals surface area contributed by atoms with E-state index in [0.29, 0.717) is 11.8 Å². The molecule has 5 aromatic rings. The largest absolute Gasteiger partial charge is 0.214 e. The van der Waals surface area contributed by atoms with Crippen molar-refractivity contribution in [3.8, 4) is 0 Å². The summed E-state index contributed by atoms with van der Waals surface area (Å²) in [5, 5.41) is 5.48. The summed E-state index contributed by atoms with van der Waals surface area (Å²) in [4.78, 5) is 0. The third-order valence-corrected chi connectivity index (χ3v) is 10.8. The molecular formula is C43H54Zr. The summed E-state index contributed by atoms with van der Waals surface area (Å²) in [6.07, 6.45) is 4.27. The van der Waals surface area contributed by atoms with E-state index >= 15 is 0 Å². The third kappa shape index (κ3) is 8.66. The van der Waals surface area contributed by atoms with Gasteiger partial charge in [-0.1, -0.05) is 76.9 Å². The zero-order valence-corrected chi connectivity index (χ0v) is 31.5. The Bertz CT molecular complexity index is 1540. The third-order valence-electron chi connectivity index (χ3n) is 9.13. The Kier molecular flexibility index (Phi) is 11.3. The van der Waals surface area contributed by atoms with Gasteiger partial charge in [0.1, 0.15) is 0 Å². The van der Waals surface area contributed by atoms with Crippen molar-refractivity contribution in [3.63, 3.8) is 0 Å². The van der Waals surface area contributed by atoms with Gasteiger partial charge in [-0.15, -0.1) is 39.7 Å². The van der Waals surface area contributed by atoms with Gasteiger partial charge in [-0.05, 0) is 10.8 Å². The van der Waals surface area contributed by atoms with Gasteiger partial charge in [0.25, 0.3) is 0 Å². The molecule has 0 aliphatic heterocycles. The molecule has 44 heavy (non-hydrogen) atoms. The average Bonchev–Trinajstić information content (AvgIpc) is 3.62. The molecule has 1 fully saturated rings. The van der Waals surface area contributed by atoms with E-state index < -0.39 is 0 Å². The van der Waals surface area contributed by atoms with Crippen LogP contribution in [0.1, 0.15) is 128 Å². The number of hydrogen-bond acceptors (Lipinski definition) is 0. The van der Waals surface area contributed by atoms with E-state index in [0.717, 1.165) is 5.92 Å². The van der Waals surface area contributed by atoms with Crippen molar-refractivity contribution >= 4 is 24.8 Å². The maximum Gasteiger partial charge on any atom is -0.172 e. The summed E-state index contributed by atoms with van der Waals surface area (Å²) in [6, 6.07) is 33.5. The summed E-state index contributed by atoms with van der Waals surface area (Å²) >= 11 is 1.62. The summed E-state index contributed by atoms with van der Waals surface area (Å²) in [7, 11) is 0. The van der Waals surface area contributed by atoms with Crippen LogP contribution in [0, 0.1) is 5.92 Å². The fraction of sp³-hybridized carbons (Fsp3) is 0.419. The van der Waals surface area contributed by atoms with Gasteiger partial charge in [0.2, 0.25) is 0 Å². The Hall–Kier alpha value is -2.37. The Morgan fingerprint density at radius 3 is 1.45 bits per heavy atom. The first kappa shape index (κ1) is 34.5. The fourth-order valence-corrected chi connectivity index (χ4v) is 6.77. The minimum atomic E-state index is 0.203. The molecule has 0 heterocycles. The van der Waals surface area contributed by atoms with Crippen LogP contribution < -0.4 is 0 Å². The molecule has 230 valence electrons. The van der Waals surface area contributed by atoms with Gasteiger partial charge in [0.05, 0.1) is 0 Å². The fourth-order valence-electron chi connectivity index (χ4n) is 5.71. The molecule has 0 atom stereocenters. The minimum absolute atomic E-state index is 0.203. The second kappa shape index (κ2) is 14.4. The van der Waals surface area contributed by atoms with E-state index in [2.05, 4.69) is 130 Å². The van der Waals surface area contributed by atoms with Crippen molar-refractivity contribution in [2.24, 2.45) is 5.92 Å². The van der Waals surface area contributed by atoms with Gasteiger partial charge in [-0.2, -0.15) is 18.2 Å². The van der Waals surface area contributed by atoms with E-state index in [4.69, 9.17) is 0 Å². The molecule has 0 bridgehead atoms. The number of benzene rings is 3. The van der Waals surface area contributed by atoms with Crippen molar-refractivity contribution in [3.05, 3.63) is 119 Å². The Labute approximate surface area is 283 Å². The van der Waals surface area contributed by atoms with Gasteiger partial charge in [0.15, 0.2) is 0 Å². The molecule has 0 nitrogen and oxygen atoms in total. The molecule has 0 spiro atoms. The molecule has 6 rings (SSSR count). The standard InChI is InChI=1S/C21H25.C17H24.C5H5.Zr/c1-20(2,3)16-7-9-18-14(12-16)11-15-13-17(21(4,5)6)8-10-19(15)18;1-12(2)16-9-15(8-14-6-5-7-14)10-17(11-16)13(3)4;1-2-4-5-3-1;/h7-13H,1-6H3;9-14H,5-7H2,1-4H3;1-5H;/q-1;;-1;+2. The summed E-state index contributed by atoms with van der Waals surface area (Å²) in [5.74, 6) is 2.16. The SMILES string of the molecule is CC(C)(C)c1ccc2c(c1)[cH-]c1cc(C(C)(C)C)ccc12.CC(C)c1cc([C](=[Zr+2])C2CCC2)cc(C(C)C)c1.c1cc[cH-]c1. The van der Waals surface area contributed by atoms with Crippen molar-refractivity contribution in [2.75, 3.05) is 0 Å². The topological polar surface area (TPSA) is 0 Å². The van der Waals surface area contributed by atoms with Crippen LogP contribution in [0.4, 0.5) is 0 Å². The van der Waals surface area contributed by atoms with Gasteiger partial charge in [0, 0.05) is 0 Å². The van der Waals surface area contributed by atoms with Crippen LogP contribution >= 0.6 is 0 Å². The normalized spacial score (nSPS) is 13.9. The first-order chi connectivity index (χ1) is 20.6. The average molecular weight is 662 g/mol.